The molecule has 1 N–H and O–H groups in total. The molecule has 3 heterocycles. The van der Waals surface area contributed by atoms with Crippen molar-refractivity contribution in [2.45, 2.75) is 13.8 Å². The zero-order valence-electron chi connectivity index (χ0n) is 15.2. The van der Waals surface area contributed by atoms with Gasteiger partial charge in [-0.15, -0.1) is 0 Å². The molecule has 8 heteroatoms. The standard InChI is InChI=1S/C20H16FN5O2/c1-12-9-14-10-15(21)6-7-17(14)26(12)25-20(27)28-18-11-23-19(24-13(18)2)16-5-3-4-8-22-16/h3-11H,1-2H3,(H,25,27). The molecular formula is C20H16FN5O2. The Labute approximate surface area is 159 Å². The second-order valence-corrected chi connectivity index (χ2v) is 6.18. The molecule has 3 aromatic heterocycles. The minimum atomic E-state index is -0.706. The van der Waals surface area contributed by atoms with E-state index in [1.165, 1.54) is 23.0 Å². The number of halogens is 1. The molecule has 0 bridgehead atoms. The number of nitrogens with one attached hydrogen (secondary N) is 1. The zero-order valence-corrected chi connectivity index (χ0v) is 15.2. The van der Waals surface area contributed by atoms with Gasteiger partial charge in [-0.1, -0.05) is 6.07 Å². The van der Waals surface area contributed by atoms with Crippen molar-refractivity contribution in [1.29, 1.82) is 0 Å². The number of fused-ring (bicyclic) bond motifs is 1. The molecule has 0 radical (unpaired) electrons. The molecule has 0 aliphatic carbocycles. The summed E-state index contributed by atoms with van der Waals surface area (Å²) in [6.07, 6.45) is 2.38. The maximum Gasteiger partial charge on any atom is 0.432 e. The summed E-state index contributed by atoms with van der Waals surface area (Å²) in [5.41, 5.74) is 5.16. The lowest BCUT2D eigenvalue weighted by molar-refractivity contribution is 0.211. The van der Waals surface area contributed by atoms with Gasteiger partial charge in [-0.2, -0.15) is 0 Å². The summed E-state index contributed by atoms with van der Waals surface area (Å²) in [6.45, 7) is 3.52. The molecule has 0 fully saturated rings. The Kier molecular flexibility index (Phi) is 4.44. The Morgan fingerprint density at radius 3 is 2.75 bits per heavy atom. The van der Waals surface area contributed by atoms with E-state index >= 15 is 0 Å². The van der Waals surface area contributed by atoms with Gasteiger partial charge in [0.15, 0.2) is 11.6 Å². The van der Waals surface area contributed by atoms with Crippen LogP contribution in [0.1, 0.15) is 11.4 Å². The molecule has 28 heavy (non-hydrogen) atoms. The van der Waals surface area contributed by atoms with Crippen LogP contribution in [-0.4, -0.2) is 25.7 Å². The highest BCUT2D eigenvalue weighted by Gasteiger charge is 2.14. The number of pyridine rings is 1. The largest absolute Gasteiger partial charge is 0.432 e. The molecule has 1 amide bonds. The monoisotopic (exact) mass is 377 g/mol. The molecule has 4 rings (SSSR count). The first kappa shape index (κ1) is 17.6. The minimum Gasteiger partial charge on any atom is -0.406 e. The van der Waals surface area contributed by atoms with Gasteiger partial charge in [0.1, 0.15) is 11.5 Å². The first-order valence-electron chi connectivity index (χ1n) is 8.53. The maximum atomic E-state index is 13.4. The van der Waals surface area contributed by atoms with E-state index in [1.54, 1.807) is 44.3 Å². The minimum absolute atomic E-state index is 0.234. The van der Waals surface area contributed by atoms with Crippen molar-refractivity contribution in [1.82, 2.24) is 19.6 Å². The van der Waals surface area contributed by atoms with Gasteiger partial charge in [0, 0.05) is 17.3 Å². The molecule has 4 aromatic rings. The number of ether oxygens (including phenoxy) is 1. The van der Waals surface area contributed by atoms with E-state index in [9.17, 15) is 9.18 Å². The molecule has 0 saturated carbocycles. The Morgan fingerprint density at radius 1 is 1.14 bits per heavy atom. The molecule has 0 aliphatic heterocycles. The lowest BCUT2D eigenvalue weighted by atomic mass is 10.2. The zero-order chi connectivity index (χ0) is 19.7. The number of benzene rings is 1. The summed E-state index contributed by atoms with van der Waals surface area (Å²) in [5.74, 6) is 0.338. The van der Waals surface area contributed by atoms with Crippen molar-refractivity contribution < 1.29 is 13.9 Å². The van der Waals surface area contributed by atoms with Crippen molar-refractivity contribution >= 4 is 17.0 Å². The fourth-order valence-electron chi connectivity index (χ4n) is 2.86. The average Bonchev–Trinajstić information content (AvgIpc) is 2.98. The second-order valence-electron chi connectivity index (χ2n) is 6.18. The predicted molar refractivity (Wildman–Crippen MR) is 102 cm³/mol. The van der Waals surface area contributed by atoms with Crippen LogP contribution < -0.4 is 10.2 Å². The molecule has 0 aliphatic rings. The maximum absolute atomic E-state index is 13.4. The molecule has 0 spiro atoms. The molecule has 0 unspecified atom stereocenters. The van der Waals surface area contributed by atoms with Gasteiger partial charge in [-0.25, -0.2) is 24.6 Å². The van der Waals surface area contributed by atoms with Crippen LogP contribution in [0, 0.1) is 19.7 Å². The number of aryl methyl sites for hydroxylation is 2. The Morgan fingerprint density at radius 2 is 2.00 bits per heavy atom. The van der Waals surface area contributed by atoms with Gasteiger partial charge in [0.2, 0.25) is 0 Å². The van der Waals surface area contributed by atoms with Gasteiger partial charge in [-0.3, -0.25) is 9.66 Å². The van der Waals surface area contributed by atoms with E-state index in [-0.39, 0.29) is 11.6 Å². The van der Waals surface area contributed by atoms with Crippen LogP contribution in [0.15, 0.2) is 54.9 Å². The van der Waals surface area contributed by atoms with Crippen LogP contribution in [0.5, 0.6) is 5.75 Å². The van der Waals surface area contributed by atoms with Crippen molar-refractivity contribution in [2.75, 3.05) is 5.43 Å². The molecule has 7 nitrogen and oxygen atoms in total. The third kappa shape index (κ3) is 3.39. The molecule has 0 atom stereocenters. The van der Waals surface area contributed by atoms with E-state index in [2.05, 4.69) is 20.4 Å². The van der Waals surface area contributed by atoms with Gasteiger partial charge in [0.05, 0.1) is 17.4 Å². The SMILES string of the molecule is Cc1nc(-c2ccccn2)ncc1OC(=O)Nn1c(C)cc2cc(F)ccc21. The van der Waals surface area contributed by atoms with Crippen molar-refractivity contribution in [3.05, 3.63) is 72.1 Å². The summed E-state index contributed by atoms with van der Waals surface area (Å²) in [6, 6.07) is 11.5. The highest BCUT2D eigenvalue weighted by Crippen LogP contribution is 2.21. The summed E-state index contributed by atoms with van der Waals surface area (Å²) in [7, 11) is 0. The van der Waals surface area contributed by atoms with Crippen LogP contribution >= 0.6 is 0 Å². The number of hydrogen-bond acceptors (Lipinski definition) is 5. The first-order chi connectivity index (χ1) is 13.5. The number of carbonyl (C=O) groups excluding carboxylic acids is 1. The smallest absolute Gasteiger partial charge is 0.406 e. The molecule has 1 aromatic carbocycles. The van der Waals surface area contributed by atoms with Gasteiger partial charge in [-0.05, 0) is 50.2 Å². The van der Waals surface area contributed by atoms with Crippen LogP contribution in [-0.2, 0) is 0 Å². The number of rotatable bonds is 3. The lowest BCUT2D eigenvalue weighted by Crippen LogP contribution is -2.27. The van der Waals surface area contributed by atoms with Crippen LogP contribution in [0.4, 0.5) is 9.18 Å². The molecular weight excluding hydrogens is 361 g/mol. The second kappa shape index (κ2) is 7.07. The van der Waals surface area contributed by atoms with Gasteiger partial charge < -0.3 is 4.74 Å². The number of carbonyl (C=O) groups is 1. The molecule has 140 valence electrons. The molecule has 0 saturated heterocycles. The summed E-state index contributed by atoms with van der Waals surface area (Å²) >= 11 is 0. The normalized spacial score (nSPS) is 10.8. The van der Waals surface area contributed by atoms with Gasteiger partial charge >= 0.3 is 6.09 Å². The summed E-state index contributed by atoms with van der Waals surface area (Å²) in [4.78, 5) is 25.1. The third-order valence-corrected chi connectivity index (χ3v) is 4.18. The number of aromatic nitrogens is 4. The van der Waals surface area contributed by atoms with Gasteiger partial charge in [0.25, 0.3) is 0 Å². The highest BCUT2D eigenvalue weighted by molar-refractivity contribution is 5.86. The van der Waals surface area contributed by atoms with Crippen LogP contribution in [0.25, 0.3) is 22.4 Å². The Bertz CT molecular complexity index is 1170. The number of hydrogen-bond donors (Lipinski definition) is 1. The van der Waals surface area contributed by atoms with Crippen molar-refractivity contribution in [2.24, 2.45) is 0 Å². The number of nitrogens with zero attached hydrogens (tertiary/aromatic N) is 4. The van der Waals surface area contributed by atoms with E-state index in [4.69, 9.17) is 4.74 Å². The van der Waals surface area contributed by atoms with E-state index in [0.29, 0.717) is 28.1 Å². The van der Waals surface area contributed by atoms with E-state index < -0.39 is 6.09 Å². The van der Waals surface area contributed by atoms with Crippen molar-refractivity contribution in [3.63, 3.8) is 0 Å². The predicted octanol–water partition coefficient (Wildman–Crippen LogP) is 3.99. The Hall–Kier alpha value is -3.81. The topological polar surface area (TPSA) is 81.9 Å². The van der Waals surface area contributed by atoms with Crippen molar-refractivity contribution in [3.8, 4) is 17.3 Å². The third-order valence-electron chi connectivity index (χ3n) is 4.18. The van der Waals surface area contributed by atoms with E-state index in [0.717, 1.165) is 5.69 Å². The number of amides is 1. The summed E-state index contributed by atoms with van der Waals surface area (Å²) in [5, 5.41) is 0.678. The Balaban J connectivity index is 1.54. The van der Waals surface area contributed by atoms with E-state index in [1.807, 2.05) is 6.07 Å². The summed E-state index contributed by atoms with van der Waals surface area (Å²) < 4.78 is 20.3. The fraction of sp³-hybridized carbons (Fsp3) is 0.100. The average molecular weight is 377 g/mol. The highest BCUT2D eigenvalue weighted by atomic mass is 19.1. The quantitative estimate of drug-likeness (QED) is 0.584. The fourth-order valence-corrected chi connectivity index (χ4v) is 2.86. The van der Waals surface area contributed by atoms with Crippen LogP contribution in [0.2, 0.25) is 0 Å². The first-order valence-corrected chi connectivity index (χ1v) is 8.53. The van der Waals surface area contributed by atoms with Crippen LogP contribution in [0.3, 0.4) is 0 Å². The lowest BCUT2D eigenvalue weighted by Gasteiger charge is -2.12.